The minimum absolute atomic E-state index is 0.187. The Bertz CT molecular complexity index is 507. The summed E-state index contributed by atoms with van der Waals surface area (Å²) < 4.78 is 5.25. The van der Waals surface area contributed by atoms with Crippen molar-refractivity contribution in [2.45, 2.75) is 24.8 Å². The molecule has 0 bridgehead atoms. The van der Waals surface area contributed by atoms with Crippen molar-refractivity contribution in [2.75, 3.05) is 6.26 Å². The lowest BCUT2D eigenvalue weighted by atomic mass is 10.1. The lowest BCUT2D eigenvalue weighted by Crippen LogP contribution is -2.18. The Morgan fingerprint density at radius 3 is 2.44 bits per heavy atom. The first-order valence-corrected chi connectivity index (χ1v) is 7.08. The predicted molar refractivity (Wildman–Crippen MR) is 73.3 cm³/mol. The van der Waals surface area contributed by atoms with Gasteiger partial charge in [-0.15, -0.1) is 11.8 Å². The van der Waals surface area contributed by atoms with Crippen LogP contribution in [0.15, 0.2) is 33.7 Å². The molecule has 1 aromatic carbocycles. The molecule has 0 saturated heterocycles. The molecule has 1 atom stereocenters. The van der Waals surface area contributed by atoms with Gasteiger partial charge < -0.3 is 10.3 Å². The lowest BCUT2D eigenvalue weighted by molar-refractivity contribution is 0.400. The molecule has 2 N–H and O–H groups in total. The summed E-state index contributed by atoms with van der Waals surface area (Å²) in [5.74, 6) is 1.37. The summed E-state index contributed by atoms with van der Waals surface area (Å²) in [7, 11) is 0. The molecule has 2 rings (SSSR count). The SMILES string of the molecule is CSc1ccc(-c2nc(C(N)C(C)C)no2)cc1. The molecule has 1 unspecified atom stereocenters. The number of benzene rings is 1. The van der Waals surface area contributed by atoms with Crippen molar-refractivity contribution in [3.63, 3.8) is 0 Å². The smallest absolute Gasteiger partial charge is 0.257 e. The van der Waals surface area contributed by atoms with Gasteiger partial charge in [0.25, 0.3) is 5.89 Å². The number of thioether (sulfide) groups is 1. The van der Waals surface area contributed by atoms with Crippen molar-refractivity contribution in [3.8, 4) is 11.5 Å². The van der Waals surface area contributed by atoms with Crippen molar-refractivity contribution >= 4 is 11.8 Å². The van der Waals surface area contributed by atoms with Crippen molar-refractivity contribution in [1.29, 1.82) is 0 Å². The van der Waals surface area contributed by atoms with E-state index in [1.807, 2.05) is 44.4 Å². The maximum absolute atomic E-state index is 5.99. The predicted octanol–water partition coefficient (Wildman–Crippen LogP) is 3.11. The molecule has 0 saturated carbocycles. The van der Waals surface area contributed by atoms with Gasteiger partial charge in [0.05, 0.1) is 6.04 Å². The highest BCUT2D eigenvalue weighted by Crippen LogP contribution is 2.23. The molecule has 2 aromatic rings. The highest BCUT2D eigenvalue weighted by Gasteiger charge is 2.17. The first kappa shape index (κ1) is 13.1. The Morgan fingerprint density at radius 1 is 1.22 bits per heavy atom. The molecule has 0 aliphatic heterocycles. The number of nitrogens with zero attached hydrogens (tertiary/aromatic N) is 2. The van der Waals surface area contributed by atoms with Crippen LogP contribution in [0, 0.1) is 5.92 Å². The van der Waals surface area contributed by atoms with Crippen LogP contribution in [0.4, 0.5) is 0 Å². The molecular formula is C13H17N3OS. The molecule has 1 heterocycles. The van der Waals surface area contributed by atoms with Gasteiger partial charge in [0.1, 0.15) is 0 Å². The fourth-order valence-corrected chi connectivity index (χ4v) is 1.93. The molecule has 0 amide bonds. The van der Waals surface area contributed by atoms with E-state index in [1.54, 1.807) is 11.8 Å². The Kier molecular flexibility index (Phi) is 4.04. The van der Waals surface area contributed by atoms with E-state index in [2.05, 4.69) is 10.1 Å². The second kappa shape index (κ2) is 5.54. The number of aromatic nitrogens is 2. The average Bonchev–Trinajstić information content (AvgIpc) is 2.87. The van der Waals surface area contributed by atoms with E-state index in [4.69, 9.17) is 10.3 Å². The first-order valence-electron chi connectivity index (χ1n) is 5.85. The largest absolute Gasteiger partial charge is 0.334 e. The van der Waals surface area contributed by atoms with Crippen LogP contribution in [-0.2, 0) is 0 Å². The van der Waals surface area contributed by atoms with Crippen LogP contribution >= 0.6 is 11.8 Å². The normalized spacial score (nSPS) is 12.9. The lowest BCUT2D eigenvalue weighted by Gasteiger charge is -2.09. The second-order valence-corrected chi connectivity index (χ2v) is 5.34. The summed E-state index contributed by atoms with van der Waals surface area (Å²) in [6.45, 7) is 4.07. The minimum Gasteiger partial charge on any atom is -0.334 e. The van der Waals surface area contributed by atoms with E-state index in [-0.39, 0.29) is 12.0 Å². The number of nitrogens with two attached hydrogens (primary N) is 1. The third-order valence-electron chi connectivity index (χ3n) is 2.80. The van der Waals surface area contributed by atoms with Crippen LogP contribution in [0.1, 0.15) is 25.7 Å². The minimum atomic E-state index is -0.187. The maximum atomic E-state index is 5.99. The van der Waals surface area contributed by atoms with Gasteiger partial charge in [-0.2, -0.15) is 4.98 Å². The third-order valence-corrected chi connectivity index (χ3v) is 3.54. The summed E-state index contributed by atoms with van der Waals surface area (Å²) in [6.07, 6.45) is 2.04. The van der Waals surface area contributed by atoms with E-state index in [0.717, 1.165) is 5.56 Å². The maximum Gasteiger partial charge on any atom is 0.257 e. The van der Waals surface area contributed by atoms with Crippen LogP contribution < -0.4 is 5.73 Å². The third kappa shape index (κ3) is 2.73. The molecule has 4 nitrogen and oxygen atoms in total. The Labute approximate surface area is 111 Å². The zero-order valence-electron chi connectivity index (χ0n) is 10.8. The van der Waals surface area contributed by atoms with Gasteiger partial charge in [-0.1, -0.05) is 19.0 Å². The summed E-state index contributed by atoms with van der Waals surface area (Å²) in [6, 6.07) is 7.83. The van der Waals surface area contributed by atoms with Crippen molar-refractivity contribution in [3.05, 3.63) is 30.1 Å². The van der Waals surface area contributed by atoms with Gasteiger partial charge in [-0.05, 0) is 36.4 Å². The van der Waals surface area contributed by atoms with E-state index >= 15 is 0 Å². The van der Waals surface area contributed by atoms with Crippen LogP contribution in [0.2, 0.25) is 0 Å². The van der Waals surface area contributed by atoms with Crippen LogP contribution in [0.25, 0.3) is 11.5 Å². The molecule has 0 spiro atoms. The summed E-state index contributed by atoms with van der Waals surface area (Å²) in [4.78, 5) is 5.55. The second-order valence-electron chi connectivity index (χ2n) is 4.46. The zero-order chi connectivity index (χ0) is 13.1. The molecule has 1 aromatic heterocycles. The monoisotopic (exact) mass is 263 g/mol. The zero-order valence-corrected chi connectivity index (χ0v) is 11.6. The fourth-order valence-electron chi connectivity index (χ4n) is 1.52. The van der Waals surface area contributed by atoms with Crippen LogP contribution in [0.5, 0.6) is 0 Å². The molecule has 0 aliphatic rings. The standard InChI is InChI=1S/C13H17N3OS/c1-8(2)11(14)12-15-13(17-16-12)9-4-6-10(18-3)7-5-9/h4-8,11H,14H2,1-3H3. The Morgan fingerprint density at radius 2 is 1.89 bits per heavy atom. The highest BCUT2D eigenvalue weighted by molar-refractivity contribution is 7.98. The summed E-state index contributed by atoms with van der Waals surface area (Å²) in [5.41, 5.74) is 6.91. The summed E-state index contributed by atoms with van der Waals surface area (Å²) in [5, 5.41) is 3.94. The highest BCUT2D eigenvalue weighted by atomic mass is 32.2. The fraction of sp³-hybridized carbons (Fsp3) is 0.385. The van der Waals surface area contributed by atoms with E-state index in [9.17, 15) is 0 Å². The Balaban J connectivity index is 2.23. The van der Waals surface area contributed by atoms with Gasteiger partial charge in [0.15, 0.2) is 5.82 Å². The van der Waals surface area contributed by atoms with Crippen molar-refractivity contribution in [1.82, 2.24) is 10.1 Å². The van der Waals surface area contributed by atoms with Crippen LogP contribution in [0.3, 0.4) is 0 Å². The van der Waals surface area contributed by atoms with Gasteiger partial charge in [0, 0.05) is 10.5 Å². The molecule has 0 fully saturated rings. The van der Waals surface area contributed by atoms with Gasteiger partial charge in [-0.3, -0.25) is 0 Å². The molecule has 0 aliphatic carbocycles. The Hall–Kier alpha value is -1.33. The van der Waals surface area contributed by atoms with Gasteiger partial charge >= 0.3 is 0 Å². The van der Waals surface area contributed by atoms with Crippen molar-refractivity contribution < 1.29 is 4.52 Å². The van der Waals surface area contributed by atoms with E-state index < -0.39 is 0 Å². The number of hydrogen-bond donors (Lipinski definition) is 1. The molecule has 0 radical (unpaired) electrons. The quantitative estimate of drug-likeness (QED) is 0.859. The average molecular weight is 263 g/mol. The molecule has 5 heteroatoms. The molecule has 96 valence electrons. The topological polar surface area (TPSA) is 64.9 Å². The van der Waals surface area contributed by atoms with Crippen LogP contribution in [-0.4, -0.2) is 16.4 Å². The van der Waals surface area contributed by atoms with E-state index in [0.29, 0.717) is 11.7 Å². The first-order chi connectivity index (χ1) is 8.61. The van der Waals surface area contributed by atoms with Gasteiger partial charge in [-0.25, -0.2) is 0 Å². The summed E-state index contributed by atoms with van der Waals surface area (Å²) >= 11 is 1.70. The van der Waals surface area contributed by atoms with Crippen molar-refractivity contribution in [2.24, 2.45) is 11.7 Å². The van der Waals surface area contributed by atoms with Gasteiger partial charge in [0.2, 0.25) is 0 Å². The number of rotatable bonds is 4. The van der Waals surface area contributed by atoms with E-state index in [1.165, 1.54) is 4.90 Å². The molecular weight excluding hydrogens is 246 g/mol. The number of hydrogen-bond acceptors (Lipinski definition) is 5. The molecule has 18 heavy (non-hydrogen) atoms.